The number of furan rings is 2. The zero-order valence-corrected chi connectivity index (χ0v) is 68.0. The Morgan fingerprint density at radius 2 is 0.443 bits per heavy atom. The summed E-state index contributed by atoms with van der Waals surface area (Å²) < 4.78 is 14.9. The van der Waals surface area contributed by atoms with Gasteiger partial charge in [0, 0.05) is 110 Å². The van der Waals surface area contributed by atoms with E-state index in [2.05, 4.69) is 472 Å². The van der Waals surface area contributed by atoms with Crippen molar-refractivity contribution in [1.82, 2.24) is 0 Å². The average Bonchev–Trinajstić information content (AvgIpc) is 1.54. The predicted molar refractivity (Wildman–Crippen MR) is 516 cm³/mol. The highest BCUT2D eigenvalue weighted by molar-refractivity contribution is 6.28. The Balaban J connectivity index is 0.737. The Morgan fingerprint density at radius 1 is 0.156 bits per heavy atom. The van der Waals surface area contributed by atoms with Crippen LogP contribution in [0.5, 0.6) is 0 Å². The zero-order valence-electron chi connectivity index (χ0n) is 68.0. The van der Waals surface area contributed by atoms with Crippen molar-refractivity contribution in [3.8, 4) is 55.6 Å². The van der Waals surface area contributed by atoms with Crippen LogP contribution in [-0.2, 0) is 0 Å². The van der Waals surface area contributed by atoms with Gasteiger partial charge in [0.15, 0.2) is 0 Å². The topological polar surface area (TPSA) is 39.2 Å². The number of aryl methyl sites for hydroxylation is 3. The summed E-state index contributed by atoms with van der Waals surface area (Å²) in [6.45, 7) is 9.01. The molecule has 2 aromatic heterocycles. The Kier molecular flexibility index (Phi) is 18.1. The normalized spacial score (nSPS) is 11.6. The van der Waals surface area contributed by atoms with Gasteiger partial charge in [-0.1, -0.05) is 334 Å². The second kappa shape index (κ2) is 30.3. The van der Waals surface area contributed by atoms with E-state index in [4.69, 9.17) is 8.83 Å². The van der Waals surface area contributed by atoms with E-state index in [9.17, 15) is 0 Å². The van der Waals surface area contributed by atoms with Crippen LogP contribution in [0.1, 0.15) is 22.3 Å². The van der Waals surface area contributed by atoms with E-state index in [1.807, 2.05) is 0 Å². The summed E-state index contributed by atoms with van der Waals surface area (Å²) in [5.74, 6) is 0. The van der Waals surface area contributed by atoms with Gasteiger partial charge >= 0.3 is 0 Å². The van der Waals surface area contributed by atoms with E-state index in [0.29, 0.717) is 0 Å². The number of anilines is 12. The minimum atomic E-state index is 0.837. The van der Waals surface area contributed by atoms with Gasteiger partial charge in [0.1, 0.15) is 22.3 Å². The molecule has 0 amide bonds. The third kappa shape index (κ3) is 12.4. The molecule has 22 rings (SSSR count). The lowest BCUT2D eigenvalue weighted by molar-refractivity contribution is 0.676. The zero-order chi connectivity index (χ0) is 81.5. The van der Waals surface area contributed by atoms with E-state index in [1.165, 1.54) is 0 Å². The monoisotopic (exact) mass is 1560 g/mol. The van der Waals surface area contributed by atoms with E-state index in [0.717, 1.165) is 233 Å². The van der Waals surface area contributed by atoms with Gasteiger partial charge in [0.05, 0.1) is 34.1 Å². The summed E-state index contributed by atoms with van der Waals surface area (Å²) in [4.78, 5) is 9.94. The number of fused-ring (bicyclic) bond motifs is 14. The molecular formula is C116H82N4O2. The van der Waals surface area contributed by atoms with Crippen molar-refractivity contribution in [3.63, 3.8) is 0 Å². The Bertz CT molecular complexity index is 7840. The highest BCUT2D eigenvalue weighted by atomic mass is 16.3. The Labute approximate surface area is 709 Å². The molecular weight excluding hydrogens is 1480 g/mol. The summed E-state index contributed by atoms with van der Waals surface area (Å²) in [7, 11) is 0. The van der Waals surface area contributed by atoms with Crippen molar-refractivity contribution >= 4 is 155 Å². The molecule has 0 aliphatic carbocycles. The molecule has 20 aromatic carbocycles. The molecule has 0 fully saturated rings. The fourth-order valence-corrected chi connectivity index (χ4v) is 18.9. The Hall–Kier alpha value is -15.8. The van der Waals surface area contributed by atoms with Crippen molar-refractivity contribution in [2.45, 2.75) is 27.7 Å². The number of para-hydroxylation sites is 4. The van der Waals surface area contributed by atoms with Crippen LogP contribution in [0.25, 0.3) is 143 Å². The van der Waals surface area contributed by atoms with Crippen molar-refractivity contribution in [3.05, 3.63) is 447 Å². The number of nitrogens with zero attached hydrogens (tertiary/aromatic N) is 4. The fraction of sp³-hybridized carbons (Fsp3) is 0.0345. The molecule has 0 radical (unpaired) electrons. The highest BCUT2D eigenvalue weighted by Gasteiger charge is 2.31. The van der Waals surface area contributed by atoms with Crippen LogP contribution in [0.4, 0.5) is 68.2 Å². The minimum absolute atomic E-state index is 0.837. The maximum atomic E-state index is 7.47. The maximum absolute atomic E-state index is 7.47. The van der Waals surface area contributed by atoms with Crippen LogP contribution in [0.3, 0.4) is 0 Å². The van der Waals surface area contributed by atoms with Crippen molar-refractivity contribution < 1.29 is 8.83 Å². The maximum Gasteiger partial charge on any atom is 0.143 e. The lowest BCUT2D eigenvalue weighted by Gasteiger charge is -2.31. The molecule has 0 aliphatic rings. The predicted octanol–water partition coefficient (Wildman–Crippen LogP) is 33.5. The molecule has 0 saturated carbocycles. The van der Waals surface area contributed by atoms with Crippen molar-refractivity contribution in [2.75, 3.05) is 19.6 Å². The average molecular weight is 1560 g/mol. The van der Waals surface area contributed by atoms with Gasteiger partial charge in [-0.2, -0.15) is 0 Å². The van der Waals surface area contributed by atoms with Crippen molar-refractivity contribution in [1.29, 1.82) is 0 Å². The molecule has 6 nitrogen and oxygen atoms in total. The van der Waals surface area contributed by atoms with E-state index in [-0.39, 0.29) is 0 Å². The van der Waals surface area contributed by atoms with Gasteiger partial charge in [0.25, 0.3) is 0 Å². The molecule has 122 heavy (non-hydrogen) atoms. The third-order valence-electron chi connectivity index (χ3n) is 24.7. The van der Waals surface area contributed by atoms with Gasteiger partial charge < -0.3 is 28.4 Å². The quantitative estimate of drug-likeness (QED) is 0.0905. The van der Waals surface area contributed by atoms with Gasteiger partial charge in [-0.3, -0.25) is 0 Å². The van der Waals surface area contributed by atoms with Crippen LogP contribution in [0, 0.1) is 27.7 Å². The standard InChI is InChI=1S/C116H82N4O2/c1-75-36-17-29-61-103(75)117(86-48-33-46-83(69-86)79-38-9-5-10-39-79)109-71-99-100-72-110(92-53-20-24-57-96(92)114(100)121-113(99)95-56-23-19-52-91(95)109)118(87-49-34-47-84(70-87)80-40-11-6-12-41-80)106-65-35-60-88(78(106)4)85-66-67-105(77(3)68-85)120(108-64-32-28-51-90(108)82-44-15-8-16-45-82)112-74-102-101-73-111(93-54-21-25-58-97(93)115(101)122-116(102)98-59-26-22-55-94(98)112)119(104-62-30-18-37-76(104)2)107-63-31-27-50-89(107)81-42-13-7-14-43-81/h5-74H,1-4H3. The summed E-state index contributed by atoms with van der Waals surface area (Å²) in [5.41, 5.74) is 31.8. The third-order valence-corrected chi connectivity index (χ3v) is 24.7. The minimum Gasteiger partial charge on any atom is -0.455 e. The van der Waals surface area contributed by atoms with E-state index in [1.54, 1.807) is 0 Å². The van der Waals surface area contributed by atoms with Gasteiger partial charge in [-0.15, -0.1) is 0 Å². The molecule has 22 aromatic rings. The van der Waals surface area contributed by atoms with Crippen LogP contribution in [0.15, 0.2) is 433 Å². The number of hydrogen-bond donors (Lipinski definition) is 0. The largest absolute Gasteiger partial charge is 0.455 e. The second-order valence-corrected chi connectivity index (χ2v) is 31.9. The molecule has 6 heteroatoms. The molecule has 0 unspecified atom stereocenters. The summed E-state index contributed by atoms with van der Waals surface area (Å²) in [6.07, 6.45) is 0. The molecule has 0 atom stereocenters. The number of rotatable bonds is 17. The summed E-state index contributed by atoms with van der Waals surface area (Å²) in [6, 6.07) is 155. The molecule has 0 saturated heterocycles. The number of benzene rings is 20. The first-order chi connectivity index (χ1) is 60.2. The van der Waals surface area contributed by atoms with Gasteiger partial charge in [0.2, 0.25) is 0 Å². The SMILES string of the molecule is Cc1ccccc1N(c1cccc(-c2ccccc2)c1)c1cc2c3cc(N(c4cccc(-c5ccccc5)c4)c4cccc(-c5ccc(N(c6ccccc6-c6ccccc6)c6cc7c8cc(N(c9ccccc9C)c9ccccc9-c9ccccc9)c9ccccc9c8oc7c7ccccc67)c(C)c5)c4C)c4ccccc4c3oc2c2ccccc12. The van der Waals surface area contributed by atoms with Crippen LogP contribution in [0.2, 0.25) is 0 Å². The lowest BCUT2D eigenvalue weighted by atomic mass is 9.94. The molecule has 578 valence electrons. The van der Waals surface area contributed by atoms with Gasteiger partial charge in [-0.25, -0.2) is 0 Å². The highest BCUT2D eigenvalue weighted by Crippen LogP contribution is 2.55. The van der Waals surface area contributed by atoms with E-state index >= 15 is 0 Å². The molecule has 2 heterocycles. The first-order valence-corrected chi connectivity index (χ1v) is 41.9. The summed E-state index contributed by atoms with van der Waals surface area (Å²) in [5, 5.41) is 12.5. The Morgan fingerprint density at radius 3 is 0.836 bits per heavy atom. The fourth-order valence-electron chi connectivity index (χ4n) is 18.9. The molecule has 0 N–H and O–H groups in total. The second-order valence-electron chi connectivity index (χ2n) is 31.9. The first-order valence-electron chi connectivity index (χ1n) is 41.9. The first kappa shape index (κ1) is 72.7. The van der Waals surface area contributed by atoms with Crippen LogP contribution < -0.4 is 19.6 Å². The lowest BCUT2D eigenvalue weighted by Crippen LogP contribution is -2.14. The smallest absolute Gasteiger partial charge is 0.143 e. The van der Waals surface area contributed by atoms with Gasteiger partial charge in [-0.05, 0) is 185 Å². The van der Waals surface area contributed by atoms with E-state index < -0.39 is 0 Å². The van der Waals surface area contributed by atoms with Crippen LogP contribution >= 0.6 is 0 Å². The summed E-state index contributed by atoms with van der Waals surface area (Å²) >= 11 is 0. The molecule has 0 aliphatic heterocycles. The molecule has 0 spiro atoms. The van der Waals surface area contributed by atoms with Crippen molar-refractivity contribution in [2.24, 2.45) is 0 Å². The van der Waals surface area contributed by atoms with Crippen LogP contribution in [-0.4, -0.2) is 0 Å². The molecule has 0 bridgehead atoms. The number of hydrogen-bond acceptors (Lipinski definition) is 6.